The molecule has 2 atom stereocenters. The van der Waals surface area contributed by atoms with Crippen LogP contribution in [0.25, 0.3) is 0 Å². The van der Waals surface area contributed by atoms with Gasteiger partial charge in [-0.2, -0.15) is 5.10 Å². The van der Waals surface area contributed by atoms with Crippen molar-refractivity contribution >= 4 is 11.9 Å². The van der Waals surface area contributed by atoms with Gasteiger partial charge in [0.25, 0.3) is 0 Å². The number of hydrogen-bond acceptors (Lipinski definition) is 5. The van der Waals surface area contributed by atoms with Crippen LogP contribution in [0.15, 0.2) is 30.9 Å². The van der Waals surface area contributed by atoms with Crippen LogP contribution in [0.5, 0.6) is 0 Å². The lowest BCUT2D eigenvalue weighted by Gasteiger charge is -2.35. The van der Waals surface area contributed by atoms with Crippen molar-refractivity contribution in [2.75, 3.05) is 14.1 Å². The zero-order valence-corrected chi connectivity index (χ0v) is 13.4. The molecule has 0 aliphatic rings. The fourth-order valence-corrected chi connectivity index (χ4v) is 3.25. The van der Waals surface area contributed by atoms with Gasteiger partial charge < -0.3 is 5.11 Å². The van der Waals surface area contributed by atoms with Gasteiger partial charge in [-0.05, 0) is 27.1 Å². The molecule has 1 aromatic carbocycles. The highest BCUT2D eigenvalue weighted by molar-refractivity contribution is 7.97. The Morgan fingerprint density at radius 1 is 1.41 bits per heavy atom. The van der Waals surface area contributed by atoms with E-state index in [1.807, 2.05) is 18.4 Å². The summed E-state index contributed by atoms with van der Waals surface area (Å²) in [5.74, 6) is -1.47. The molecule has 1 N–H and O–H groups in total. The summed E-state index contributed by atoms with van der Waals surface area (Å²) in [4.78, 5) is 3.83. The van der Waals surface area contributed by atoms with E-state index in [0.29, 0.717) is 0 Å². The minimum atomic E-state index is -1.57. The molecule has 0 aliphatic heterocycles. The lowest BCUT2D eigenvalue weighted by atomic mass is 9.90. The molecule has 0 unspecified atom stereocenters. The number of aromatic nitrogens is 3. The second-order valence-electron chi connectivity index (χ2n) is 5.20. The normalized spacial score (nSPS) is 15.8. The number of benzene rings is 1. The predicted octanol–water partition coefficient (Wildman–Crippen LogP) is 2.04. The Kier molecular flexibility index (Phi) is 5.15. The summed E-state index contributed by atoms with van der Waals surface area (Å²) in [6, 6.07) is 3.18. The van der Waals surface area contributed by atoms with E-state index in [1.165, 1.54) is 35.4 Å². The van der Waals surface area contributed by atoms with Crippen LogP contribution in [0.4, 0.5) is 8.78 Å². The molecule has 8 heteroatoms. The molecule has 0 aliphatic carbocycles. The van der Waals surface area contributed by atoms with Gasteiger partial charge >= 0.3 is 0 Å². The van der Waals surface area contributed by atoms with Crippen LogP contribution in [0.2, 0.25) is 0 Å². The van der Waals surface area contributed by atoms with Crippen molar-refractivity contribution in [2.24, 2.45) is 0 Å². The van der Waals surface area contributed by atoms with Gasteiger partial charge in [0.05, 0.1) is 11.8 Å². The summed E-state index contributed by atoms with van der Waals surface area (Å²) in [5, 5.41) is 14.7. The summed E-state index contributed by atoms with van der Waals surface area (Å²) < 4.78 is 30.6. The third kappa shape index (κ3) is 3.63. The molecule has 0 bridgehead atoms. The third-order valence-corrected chi connectivity index (χ3v) is 4.44. The Hall–Kier alpha value is -1.51. The van der Waals surface area contributed by atoms with Crippen molar-refractivity contribution in [3.63, 3.8) is 0 Å². The average Bonchev–Trinajstić information content (AvgIpc) is 2.90. The third-order valence-electron chi connectivity index (χ3n) is 3.31. The molecule has 0 spiro atoms. The van der Waals surface area contributed by atoms with E-state index in [4.69, 9.17) is 0 Å². The van der Waals surface area contributed by atoms with Crippen molar-refractivity contribution in [3.05, 3.63) is 48.1 Å². The van der Waals surface area contributed by atoms with Crippen LogP contribution in [-0.4, -0.2) is 43.5 Å². The minimum Gasteiger partial charge on any atom is -0.382 e. The van der Waals surface area contributed by atoms with Crippen molar-refractivity contribution in [2.45, 2.75) is 24.3 Å². The minimum absolute atomic E-state index is 0.0115. The van der Waals surface area contributed by atoms with Gasteiger partial charge in [-0.1, -0.05) is 18.0 Å². The molecule has 5 nitrogen and oxygen atoms in total. The molecule has 0 radical (unpaired) electrons. The first-order chi connectivity index (χ1) is 10.3. The maximum Gasteiger partial charge on any atom is 0.137 e. The molecule has 120 valence electrons. The van der Waals surface area contributed by atoms with Crippen LogP contribution in [0.3, 0.4) is 0 Å². The highest BCUT2D eigenvalue weighted by Gasteiger charge is 2.40. The Morgan fingerprint density at radius 3 is 2.68 bits per heavy atom. The number of rotatable bonds is 6. The van der Waals surface area contributed by atoms with E-state index in [9.17, 15) is 13.9 Å². The van der Waals surface area contributed by atoms with Gasteiger partial charge in [0.1, 0.15) is 29.9 Å². The smallest absolute Gasteiger partial charge is 0.137 e. The molecule has 1 heterocycles. The molecule has 0 saturated heterocycles. The molecule has 0 amide bonds. The van der Waals surface area contributed by atoms with Gasteiger partial charge in [0.2, 0.25) is 0 Å². The number of hydrogen-bond donors (Lipinski definition) is 1. The first-order valence-electron chi connectivity index (χ1n) is 6.67. The fraction of sp³-hybridized carbons (Fsp3) is 0.429. The maximum absolute atomic E-state index is 14.2. The Bertz CT molecular complexity index is 623. The molecule has 2 aromatic rings. The lowest BCUT2D eigenvalue weighted by molar-refractivity contribution is 0.0127. The van der Waals surface area contributed by atoms with E-state index in [2.05, 4.69) is 10.1 Å². The van der Waals surface area contributed by atoms with Crippen LogP contribution in [-0.2, 0) is 12.1 Å². The second-order valence-corrected chi connectivity index (χ2v) is 6.85. The molecular weight excluding hydrogens is 310 g/mol. The standard InChI is InChI=1S/C14H18F2N4OS/c1-10(22-19(2)3)14(21,7-20-9-17-8-18-20)12-5-4-11(15)6-13(12)16/h4-6,8-10,21H,7H2,1-3H3/t10-,14-/m1/s1. The molecule has 0 saturated carbocycles. The first-order valence-corrected chi connectivity index (χ1v) is 7.51. The molecule has 1 aromatic heterocycles. The van der Waals surface area contributed by atoms with Crippen LogP contribution < -0.4 is 0 Å². The highest BCUT2D eigenvalue weighted by Crippen LogP contribution is 2.36. The lowest BCUT2D eigenvalue weighted by Crippen LogP contribution is -2.42. The van der Waals surface area contributed by atoms with E-state index >= 15 is 0 Å². The molecule has 0 fully saturated rings. The summed E-state index contributed by atoms with van der Waals surface area (Å²) in [7, 11) is 3.66. The largest absolute Gasteiger partial charge is 0.382 e. The van der Waals surface area contributed by atoms with Crippen LogP contribution in [0.1, 0.15) is 12.5 Å². The van der Waals surface area contributed by atoms with Crippen LogP contribution >= 0.6 is 11.9 Å². The number of halogens is 2. The predicted molar refractivity (Wildman–Crippen MR) is 81.0 cm³/mol. The van der Waals surface area contributed by atoms with Gasteiger partial charge in [0, 0.05) is 11.6 Å². The Labute approximate surface area is 132 Å². The maximum atomic E-state index is 14.2. The van der Waals surface area contributed by atoms with E-state index in [0.717, 1.165) is 12.1 Å². The summed E-state index contributed by atoms with van der Waals surface area (Å²) >= 11 is 1.35. The quantitative estimate of drug-likeness (QED) is 0.823. The van der Waals surface area contributed by atoms with Gasteiger partial charge in [0.15, 0.2) is 0 Å². The summed E-state index contributed by atoms with van der Waals surface area (Å²) in [5.41, 5.74) is -1.54. The monoisotopic (exact) mass is 328 g/mol. The van der Waals surface area contributed by atoms with Crippen molar-refractivity contribution in [3.8, 4) is 0 Å². The van der Waals surface area contributed by atoms with Gasteiger partial charge in [-0.3, -0.25) is 4.31 Å². The van der Waals surface area contributed by atoms with Crippen LogP contribution in [0, 0.1) is 11.6 Å². The van der Waals surface area contributed by atoms with Crippen molar-refractivity contribution in [1.29, 1.82) is 0 Å². The summed E-state index contributed by atoms with van der Waals surface area (Å²) in [6.45, 7) is 1.79. The van der Waals surface area contributed by atoms with Crippen molar-refractivity contribution in [1.82, 2.24) is 19.1 Å². The van der Waals surface area contributed by atoms with Gasteiger partial charge in [-0.25, -0.2) is 18.4 Å². The highest BCUT2D eigenvalue weighted by atomic mass is 32.2. The molecule has 2 rings (SSSR count). The number of nitrogens with zero attached hydrogens (tertiary/aromatic N) is 4. The number of aliphatic hydroxyl groups is 1. The zero-order valence-electron chi connectivity index (χ0n) is 12.6. The van der Waals surface area contributed by atoms with E-state index in [-0.39, 0.29) is 12.1 Å². The average molecular weight is 328 g/mol. The summed E-state index contributed by atoms with van der Waals surface area (Å²) in [6.07, 6.45) is 2.78. The van der Waals surface area contributed by atoms with Gasteiger partial charge in [-0.15, -0.1) is 0 Å². The Morgan fingerprint density at radius 2 is 2.14 bits per heavy atom. The van der Waals surface area contributed by atoms with E-state index in [1.54, 1.807) is 6.92 Å². The first kappa shape index (κ1) is 16.9. The topological polar surface area (TPSA) is 54.2 Å². The zero-order chi connectivity index (χ0) is 16.3. The molecular formula is C14H18F2N4OS. The molecule has 22 heavy (non-hydrogen) atoms. The fourth-order valence-electron chi connectivity index (χ4n) is 2.24. The second kappa shape index (κ2) is 6.72. The van der Waals surface area contributed by atoms with E-state index < -0.39 is 22.5 Å². The Balaban J connectivity index is 2.43. The SMILES string of the molecule is C[C@@H](SN(C)C)[C@](O)(Cn1cncn1)c1ccc(F)cc1F. The van der Waals surface area contributed by atoms with Crippen molar-refractivity contribution < 1.29 is 13.9 Å².